The molecule has 0 atom stereocenters. The van der Waals surface area contributed by atoms with Crippen LogP contribution >= 0.6 is 70.4 Å². The average Bonchev–Trinajstić information content (AvgIpc) is 2.28. The minimum atomic E-state index is -5.97. The first-order valence-corrected chi connectivity index (χ1v) is 19.7. The van der Waals surface area contributed by atoms with E-state index in [1.54, 1.807) is 0 Å². The fourth-order valence-corrected chi connectivity index (χ4v) is 7.82. The summed E-state index contributed by atoms with van der Waals surface area (Å²) in [6, 6.07) is 0. The van der Waals surface area contributed by atoms with Crippen molar-refractivity contribution in [2.24, 2.45) is 0 Å². The maximum Gasteiger partial charge on any atom is 3.00 e. The van der Waals surface area contributed by atoms with Crippen LogP contribution in [-0.2, 0) is 66.9 Å². The van der Waals surface area contributed by atoms with E-state index in [0.717, 1.165) is 0 Å². The zero-order chi connectivity index (χ0) is 32.7. The zero-order valence-electron chi connectivity index (χ0n) is 19.2. The normalized spacial score (nSPS) is 12.9. The van der Waals surface area contributed by atoms with Crippen LogP contribution in [0.5, 0.6) is 0 Å². The van der Waals surface area contributed by atoms with Gasteiger partial charge >= 0.3 is 86.8 Å². The van der Waals surface area contributed by atoms with Crippen molar-refractivity contribution >= 4 is 157 Å². The summed E-state index contributed by atoms with van der Waals surface area (Å²) in [6.45, 7) is 0. The maximum atomic E-state index is 10.1. The molecule has 0 amide bonds. The second kappa shape index (κ2) is 24.2. The standard InChI is InChI=1S/5Al.3H5O10P3/c;;;;;3*1-11(2,3)9-13(7,8)10-12(4,5)6/h;;;;;3*(H,7,8)(H2,1,2,3)(H2,4,5,6)/q5*+3;;;/p-15. The van der Waals surface area contributed by atoms with Crippen LogP contribution in [-0.4, -0.2) is 86.8 Å². The van der Waals surface area contributed by atoms with Gasteiger partial charge in [-0.3, -0.25) is 39.6 Å². The Kier molecular flexibility index (Phi) is 36.4. The molecule has 0 aromatic carbocycles. The van der Waals surface area contributed by atoms with Gasteiger partial charge in [0.25, 0.3) is 23.5 Å². The average molecular weight is 894 g/mol. The van der Waals surface area contributed by atoms with Crippen LogP contribution in [0, 0.1) is 0 Å². The van der Waals surface area contributed by atoms with Crippen LogP contribution in [0.15, 0.2) is 0 Å². The van der Waals surface area contributed by atoms with E-state index in [1.807, 2.05) is 0 Å². The first-order chi connectivity index (χ1) is 16.2. The molecule has 0 N–H and O–H groups in total. The summed E-state index contributed by atoms with van der Waals surface area (Å²) in [5.74, 6) is 0. The van der Waals surface area contributed by atoms with Crippen molar-refractivity contribution in [1.29, 1.82) is 0 Å². The molecule has 0 heterocycles. The van der Waals surface area contributed by atoms with Gasteiger partial charge in [-0.25, -0.2) is 0 Å². The van der Waals surface area contributed by atoms with E-state index >= 15 is 0 Å². The van der Waals surface area contributed by atoms with E-state index in [2.05, 4.69) is 25.9 Å². The van der Waals surface area contributed by atoms with E-state index < -0.39 is 70.4 Å². The van der Waals surface area contributed by atoms with Crippen LogP contribution in [0.1, 0.15) is 0 Å². The minimum absolute atomic E-state index is 0. The molecule has 44 heteroatoms. The third-order valence-electron chi connectivity index (χ3n) is 1.20. The van der Waals surface area contributed by atoms with Crippen molar-refractivity contribution in [2.45, 2.75) is 0 Å². The molecule has 0 bridgehead atoms. The predicted octanol–water partition coefficient (Wildman–Crippen LogP) is -13.5. The van der Waals surface area contributed by atoms with Gasteiger partial charge in [0.15, 0.2) is 0 Å². The Hall–Kier alpha value is 3.89. The topological polar surface area (TPSA) is 555 Å². The van der Waals surface area contributed by atoms with E-state index in [9.17, 15) is 114 Å². The summed E-state index contributed by atoms with van der Waals surface area (Å²) in [7, 11) is -53.7. The third-order valence-corrected chi connectivity index (χ3v) is 10.8. The molecule has 0 aromatic rings. The smallest absolute Gasteiger partial charge is 0.790 e. The molecular formula is Al5O30P9. The Labute approximate surface area is 295 Å². The Balaban J connectivity index is -0.0000000697. The molecule has 0 unspecified atom stereocenters. The zero-order valence-corrected chi connectivity index (χ0v) is 33.0. The van der Waals surface area contributed by atoms with E-state index in [-0.39, 0.29) is 86.8 Å². The Bertz CT molecular complexity index is 991. The number of phosphoric acid groups is 9. The summed E-state index contributed by atoms with van der Waals surface area (Å²) < 4.78 is 104. The first-order valence-electron chi connectivity index (χ1n) is 6.57. The van der Waals surface area contributed by atoms with Gasteiger partial charge in [-0.2, -0.15) is 0 Å². The minimum Gasteiger partial charge on any atom is -0.790 e. The van der Waals surface area contributed by atoms with Gasteiger partial charge in [-0.1, -0.05) is 0 Å². The van der Waals surface area contributed by atoms with E-state index in [4.69, 9.17) is 0 Å². The molecule has 0 radical (unpaired) electrons. The second-order valence-electron chi connectivity index (χ2n) is 4.51. The Morgan fingerprint density at radius 2 is 0.295 bits per heavy atom. The van der Waals surface area contributed by atoms with Gasteiger partial charge < -0.3 is 101 Å². The van der Waals surface area contributed by atoms with Crippen LogP contribution in [0.3, 0.4) is 0 Å². The van der Waals surface area contributed by atoms with Gasteiger partial charge in [0.2, 0.25) is 0 Å². The summed E-state index contributed by atoms with van der Waals surface area (Å²) in [5, 5.41) is 0. The van der Waals surface area contributed by atoms with Crippen LogP contribution in [0.4, 0.5) is 0 Å². The van der Waals surface area contributed by atoms with Gasteiger partial charge in [-0.05, 0) is 0 Å². The van der Waals surface area contributed by atoms with Crippen LogP contribution in [0.25, 0.3) is 0 Å². The van der Waals surface area contributed by atoms with Gasteiger partial charge in [0, 0.05) is 0 Å². The molecule has 0 saturated carbocycles. The summed E-state index contributed by atoms with van der Waals surface area (Å²) in [6.07, 6.45) is 0. The molecular weight excluding hydrogens is 894 g/mol. The number of hydrogen-bond donors (Lipinski definition) is 0. The molecule has 0 aliphatic carbocycles. The van der Waals surface area contributed by atoms with Crippen molar-refractivity contribution in [3.63, 3.8) is 0 Å². The van der Waals surface area contributed by atoms with E-state index in [1.165, 1.54) is 0 Å². The molecule has 44 heavy (non-hydrogen) atoms. The number of rotatable bonds is 12. The van der Waals surface area contributed by atoms with Crippen molar-refractivity contribution in [3.05, 3.63) is 0 Å². The van der Waals surface area contributed by atoms with Crippen molar-refractivity contribution in [2.75, 3.05) is 0 Å². The SMILES string of the molecule is O=P([O-])([O-])OP(=O)([O-])OP(=O)([O-])[O-].O=P([O-])([O-])OP(=O)([O-])OP(=O)([O-])[O-].O=P([O-])([O-])OP(=O)([O-])OP(=O)([O-])[O-].[Al+3].[Al+3].[Al+3].[Al+3].[Al+3]. The molecule has 0 rings (SSSR count). The van der Waals surface area contributed by atoms with Crippen molar-refractivity contribution in [3.8, 4) is 0 Å². The van der Waals surface area contributed by atoms with Crippen LogP contribution < -0.4 is 73.4 Å². The fourth-order valence-electron chi connectivity index (χ4n) is 0.780. The van der Waals surface area contributed by atoms with Gasteiger partial charge in [0.05, 0.1) is 46.9 Å². The van der Waals surface area contributed by atoms with Crippen molar-refractivity contribution in [1.82, 2.24) is 0 Å². The van der Waals surface area contributed by atoms with E-state index in [0.29, 0.717) is 0 Å². The van der Waals surface area contributed by atoms with Crippen molar-refractivity contribution < 1.29 is 140 Å². The molecule has 0 saturated heterocycles. The van der Waals surface area contributed by atoms with Crippen LogP contribution in [0.2, 0.25) is 0 Å². The predicted molar refractivity (Wildman–Crippen MR) is 104 cm³/mol. The quantitative estimate of drug-likeness (QED) is 0.130. The molecule has 240 valence electrons. The van der Waals surface area contributed by atoms with Gasteiger partial charge in [-0.15, -0.1) is 0 Å². The molecule has 0 aliphatic heterocycles. The fraction of sp³-hybridized carbons (Fsp3) is 0. The summed E-state index contributed by atoms with van der Waals surface area (Å²) >= 11 is 0. The molecule has 0 aromatic heterocycles. The first kappa shape index (κ1) is 66.2. The number of hydrogen-bond acceptors (Lipinski definition) is 30. The molecule has 0 aliphatic rings. The summed E-state index contributed by atoms with van der Waals surface area (Å²) in [5.41, 5.74) is 0. The van der Waals surface area contributed by atoms with Gasteiger partial charge in [0.1, 0.15) is 0 Å². The summed E-state index contributed by atoms with van der Waals surface area (Å²) in [4.78, 5) is 146. The maximum absolute atomic E-state index is 10.1. The molecule has 0 fully saturated rings. The Morgan fingerprint density at radius 1 is 0.227 bits per heavy atom. The largest absolute Gasteiger partial charge is 3.00 e. The monoisotopic (exact) mass is 894 g/mol. The second-order valence-corrected chi connectivity index (χ2v) is 16.5. The molecule has 0 spiro atoms. The Morgan fingerprint density at radius 3 is 0.341 bits per heavy atom. The third kappa shape index (κ3) is 58.1. The molecule has 30 nitrogen and oxygen atoms in total.